The first kappa shape index (κ1) is 20.0. The van der Waals surface area contributed by atoms with Gasteiger partial charge in [0, 0.05) is 0 Å². The maximum atomic E-state index is 2.67. The average Bonchev–Trinajstić information content (AvgIpc) is 2.64. The molecule has 5 rings (SSSR count). The molecule has 27 heavy (non-hydrogen) atoms. The van der Waals surface area contributed by atoms with E-state index in [1.807, 2.05) is 0 Å². The Labute approximate surface area is 170 Å². The zero-order valence-corrected chi connectivity index (χ0v) is 18.5. The van der Waals surface area contributed by atoms with Gasteiger partial charge in [-0.25, -0.2) is 0 Å². The van der Waals surface area contributed by atoms with E-state index in [1.54, 1.807) is 32.1 Å². The maximum absolute atomic E-state index is 2.67. The van der Waals surface area contributed by atoms with E-state index < -0.39 is 0 Å². The van der Waals surface area contributed by atoms with Crippen LogP contribution in [-0.4, -0.2) is 0 Å². The third-order valence-electron chi connectivity index (χ3n) is 9.36. The predicted molar refractivity (Wildman–Crippen MR) is 118 cm³/mol. The Hall–Kier alpha value is -0.260. The molecule has 154 valence electrons. The maximum Gasteiger partial charge on any atom is -0.0233 e. The van der Waals surface area contributed by atoms with Gasteiger partial charge in [-0.05, 0) is 112 Å². The minimum atomic E-state index is 0.847. The number of unbranched alkanes of at least 4 members (excludes halogenated alkanes) is 2. The molecule has 0 aromatic carbocycles. The Morgan fingerprint density at radius 3 is 1.85 bits per heavy atom. The molecule has 0 radical (unpaired) electrons. The second-order valence-electron chi connectivity index (χ2n) is 11.4. The molecule has 5 aliphatic carbocycles. The molecule has 0 unspecified atom stereocenters. The lowest BCUT2D eigenvalue weighted by atomic mass is 9.30. The van der Waals surface area contributed by atoms with Crippen LogP contribution in [0.1, 0.15) is 123 Å². The van der Waals surface area contributed by atoms with Crippen LogP contribution in [-0.2, 0) is 0 Å². The van der Waals surface area contributed by atoms with Crippen molar-refractivity contribution in [3.8, 4) is 0 Å². The Morgan fingerprint density at radius 2 is 1.30 bits per heavy atom. The highest BCUT2D eigenvalue weighted by Gasteiger charge is 2.68. The third-order valence-corrected chi connectivity index (χ3v) is 9.36. The number of rotatable bonds is 9. The molecule has 0 amide bonds. The van der Waals surface area contributed by atoms with E-state index in [0.29, 0.717) is 0 Å². The minimum Gasteiger partial charge on any atom is -0.0851 e. The Kier molecular flexibility index (Phi) is 6.40. The lowest BCUT2D eigenvalue weighted by Crippen LogP contribution is -2.64. The van der Waals surface area contributed by atoms with E-state index in [-0.39, 0.29) is 0 Å². The molecule has 0 heteroatoms. The molecule has 5 aliphatic rings. The van der Waals surface area contributed by atoms with Gasteiger partial charge in [-0.2, -0.15) is 0 Å². The SMILES string of the molecule is CCCCC[C@H]1CC[C@H](/C=C/[C@H]2CC[C@H](C34CC(CCC)(C3)C4)CC2)CC1. The summed E-state index contributed by atoms with van der Waals surface area (Å²) in [6, 6.07) is 0. The second kappa shape index (κ2) is 8.62. The van der Waals surface area contributed by atoms with Gasteiger partial charge < -0.3 is 0 Å². The summed E-state index contributed by atoms with van der Waals surface area (Å²) < 4.78 is 0. The van der Waals surface area contributed by atoms with Crippen molar-refractivity contribution in [2.24, 2.45) is 34.5 Å². The molecule has 2 bridgehead atoms. The van der Waals surface area contributed by atoms with Crippen LogP contribution in [0.4, 0.5) is 0 Å². The number of allylic oxidation sites excluding steroid dienone is 2. The van der Waals surface area contributed by atoms with Gasteiger partial charge in [0.15, 0.2) is 0 Å². The Morgan fingerprint density at radius 1 is 0.704 bits per heavy atom. The summed E-state index contributed by atoms with van der Waals surface area (Å²) in [5.41, 5.74) is 1.70. The molecule has 0 aromatic heterocycles. The molecule has 0 N–H and O–H groups in total. The average molecular weight is 371 g/mol. The molecule has 0 saturated heterocycles. The minimum absolute atomic E-state index is 0.847. The van der Waals surface area contributed by atoms with Crippen molar-refractivity contribution in [2.75, 3.05) is 0 Å². The van der Waals surface area contributed by atoms with Crippen LogP contribution < -0.4 is 0 Å². The lowest BCUT2D eigenvalue weighted by molar-refractivity contribution is -0.245. The fraction of sp³-hybridized carbons (Fsp3) is 0.926. The van der Waals surface area contributed by atoms with Gasteiger partial charge in [0.2, 0.25) is 0 Å². The van der Waals surface area contributed by atoms with Crippen molar-refractivity contribution in [1.82, 2.24) is 0 Å². The summed E-state index contributed by atoms with van der Waals surface area (Å²) in [6.45, 7) is 4.70. The molecule has 0 spiro atoms. The molecule has 5 fully saturated rings. The topological polar surface area (TPSA) is 0 Å². The lowest BCUT2D eigenvalue weighted by Gasteiger charge is -2.75. The smallest absolute Gasteiger partial charge is 0.0233 e. The molecule has 0 aromatic rings. The monoisotopic (exact) mass is 370 g/mol. The summed E-state index contributed by atoms with van der Waals surface area (Å²) in [5.74, 6) is 3.98. The molecule has 0 nitrogen and oxygen atoms in total. The fourth-order valence-electron chi connectivity index (χ4n) is 7.90. The standard InChI is InChI=1S/C27H46/c1-3-5-6-7-22-8-10-23(11-9-22)12-13-24-14-16-25(17-15-24)27-19-26(20-27,21-27)18-4-2/h12-13,22-25H,3-11,14-21H2,1-2H3/b13-12+/t22-,23-,24-,25-,26?,27?. The van der Waals surface area contributed by atoms with Crippen LogP contribution in [0.5, 0.6) is 0 Å². The normalized spacial score (nSPS) is 44.1. The predicted octanol–water partition coefficient (Wildman–Crippen LogP) is 8.71. The molecule has 0 heterocycles. The summed E-state index contributed by atoms with van der Waals surface area (Å²) in [4.78, 5) is 0. The Balaban J connectivity index is 1.13. The van der Waals surface area contributed by atoms with Crippen LogP contribution in [0, 0.1) is 34.5 Å². The number of hydrogen-bond donors (Lipinski definition) is 0. The molecule has 0 atom stereocenters. The van der Waals surface area contributed by atoms with Gasteiger partial charge in [-0.1, -0.05) is 58.1 Å². The van der Waals surface area contributed by atoms with Gasteiger partial charge in [-0.15, -0.1) is 0 Å². The first-order chi connectivity index (χ1) is 13.2. The van der Waals surface area contributed by atoms with Crippen molar-refractivity contribution in [1.29, 1.82) is 0 Å². The van der Waals surface area contributed by atoms with Gasteiger partial charge in [0.25, 0.3) is 0 Å². The summed E-state index contributed by atoms with van der Waals surface area (Å²) in [6.07, 6.45) is 30.9. The molecular formula is C27H46. The zero-order chi connectivity index (χ0) is 18.7. The largest absolute Gasteiger partial charge is 0.0851 e. The van der Waals surface area contributed by atoms with Crippen molar-refractivity contribution in [3.63, 3.8) is 0 Å². The van der Waals surface area contributed by atoms with Gasteiger partial charge >= 0.3 is 0 Å². The van der Waals surface area contributed by atoms with Crippen LogP contribution >= 0.6 is 0 Å². The van der Waals surface area contributed by atoms with E-state index in [4.69, 9.17) is 0 Å². The third kappa shape index (κ3) is 4.35. The highest BCUT2D eigenvalue weighted by atomic mass is 14.7. The van der Waals surface area contributed by atoms with Crippen molar-refractivity contribution >= 4 is 0 Å². The fourth-order valence-corrected chi connectivity index (χ4v) is 7.90. The summed E-state index contributed by atoms with van der Waals surface area (Å²) >= 11 is 0. The molecule has 0 aliphatic heterocycles. The van der Waals surface area contributed by atoms with Gasteiger partial charge in [0.1, 0.15) is 0 Å². The number of hydrogen-bond acceptors (Lipinski definition) is 0. The molecule has 5 saturated carbocycles. The van der Waals surface area contributed by atoms with Crippen LogP contribution in [0.2, 0.25) is 0 Å². The highest BCUT2D eigenvalue weighted by Crippen LogP contribution is 2.79. The van der Waals surface area contributed by atoms with E-state index >= 15 is 0 Å². The molecular weight excluding hydrogens is 324 g/mol. The van der Waals surface area contributed by atoms with E-state index in [0.717, 1.165) is 34.5 Å². The first-order valence-electron chi connectivity index (χ1n) is 12.9. The van der Waals surface area contributed by atoms with E-state index in [2.05, 4.69) is 26.0 Å². The quantitative estimate of drug-likeness (QED) is 0.281. The van der Waals surface area contributed by atoms with Crippen molar-refractivity contribution < 1.29 is 0 Å². The van der Waals surface area contributed by atoms with Gasteiger partial charge in [-0.3, -0.25) is 0 Å². The Bertz CT molecular complexity index is 464. The van der Waals surface area contributed by atoms with E-state index in [1.165, 1.54) is 77.0 Å². The summed E-state index contributed by atoms with van der Waals surface area (Å²) in [7, 11) is 0. The van der Waals surface area contributed by atoms with Crippen molar-refractivity contribution in [3.05, 3.63) is 12.2 Å². The second-order valence-corrected chi connectivity index (χ2v) is 11.4. The highest BCUT2D eigenvalue weighted by molar-refractivity contribution is 5.19. The van der Waals surface area contributed by atoms with E-state index in [9.17, 15) is 0 Å². The first-order valence-corrected chi connectivity index (χ1v) is 12.9. The summed E-state index contributed by atoms with van der Waals surface area (Å²) in [5, 5.41) is 0. The van der Waals surface area contributed by atoms with Crippen LogP contribution in [0.15, 0.2) is 12.2 Å². The zero-order valence-electron chi connectivity index (χ0n) is 18.5. The van der Waals surface area contributed by atoms with Gasteiger partial charge in [0.05, 0.1) is 0 Å². The van der Waals surface area contributed by atoms with Crippen molar-refractivity contribution in [2.45, 2.75) is 123 Å². The van der Waals surface area contributed by atoms with Crippen LogP contribution in [0.25, 0.3) is 0 Å². The van der Waals surface area contributed by atoms with Crippen LogP contribution in [0.3, 0.4) is 0 Å².